The SMILES string of the molecule is CCOc1c(Br)cc(CNC(C)C2CCCC2)cc1Br. The molecule has 2 nitrogen and oxygen atoms in total. The zero-order valence-corrected chi connectivity index (χ0v) is 15.4. The number of ether oxygens (including phenoxy) is 1. The average molecular weight is 405 g/mol. The van der Waals surface area contributed by atoms with Crippen LogP contribution in [0.15, 0.2) is 21.1 Å². The van der Waals surface area contributed by atoms with Gasteiger partial charge in [0.15, 0.2) is 0 Å². The molecule has 0 aliphatic heterocycles. The van der Waals surface area contributed by atoms with Crippen molar-refractivity contribution in [3.8, 4) is 5.75 Å². The predicted molar refractivity (Wildman–Crippen MR) is 91.3 cm³/mol. The molecule has 0 bridgehead atoms. The van der Waals surface area contributed by atoms with Crippen LogP contribution in [0.3, 0.4) is 0 Å². The minimum atomic E-state index is 0.599. The molecular weight excluding hydrogens is 382 g/mol. The first-order chi connectivity index (χ1) is 9.61. The maximum Gasteiger partial charge on any atom is 0.147 e. The molecule has 0 aromatic heterocycles. The van der Waals surface area contributed by atoms with Crippen molar-refractivity contribution in [2.45, 2.75) is 52.1 Å². The van der Waals surface area contributed by atoms with Gasteiger partial charge in [-0.3, -0.25) is 0 Å². The molecule has 1 N–H and O–H groups in total. The van der Waals surface area contributed by atoms with Gasteiger partial charge in [0.1, 0.15) is 5.75 Å². The summed E-state index contributed by atoms with van der Waals surface area (Å²) in [5.41, 5.74) is 1.28. The fraction of sp³-hybridized carbons (Fsp3) is 0.625. The Morgan fingerprint density at radius 1 is 1.25 bits per heavy atom. The predicted octanol–water partition coefficient (Wildman–Crippen LogP) is 5.28. The van der Waals surface area contributed by atoms with Gasteiger partial charge in [-0.1, -0.05) is 12.8 Å². The van der Waals surface area contributed by atoms with E-state index in [-0.39, 0.29) is 0 Å². The maximum absolute atomic E-state index is 5.62. The van der Waals surface area contributed by atoms with Crippen molar-refractivity contribution in [2.24, 2.45) is 5.92 Å². The molecule has 0 spiro atoms. The average Bonchev–Trinajstić information content (AvgIpc) is 2.94. The van der Waals surface area contributed by atoms with E-state index in [0.29, 0.717) is 12.6 Å². The summed E-state index contributed by atoms with van der Waals surface area (Å²) >= 11 is 7.18. The summed E-state index contributed by atoms with van der Waals surface area (Å²) in [6.45, 7) is 5.89. The van der Waals surface area contributed by atoms with E-state index in [2.05, 4.69) is 56.2 Å². The lowest BCUT2D eigenvalue weighted by Crippen LogP contribution is -2.31. The highest BCUT2D eigenvalue weighted by Crippen LogP contribution is 2.35. The first-order valence-electron chi connectivity index (χ1n) is 7.46. The van der Waals surface area contributed by atoms with Gasteiger partial charge in [0.2, 0.25) is 0 Å². The third-order valence-corrected chi connectivity index (χ3v) is 5.26. The molecule has 0 radical (unpaired) electrons. The van der Waals surface area contributed by atoms with Gasteiger partial charge < -0.3 is 10.1 Å². The molecule has 1 aliphatic rings. The number of benzene rings is 1. The van der Waals surface area contributed by atoms with Crippen LogP contribution in [-0.2, 0) is 6.54 Å². The van der Waals surface area contributed by atoms with Crippen LogP contribution in [-0.4, -0.2) is 12.6 Å². The fourth-order valence-corrected chi connectivity index (χ4v) is 4.41. The molecule has 1 fully saturated rings. The van der Waals surface area contributed by atoms with E-state index < -0.39 is 0 Å². The second-order valence-electron chi connectivity index (χ2n) is 5.54. The monoisotopic (exact) mass is 403 g/mol. The molecular formula is C16H23Br2NO. The molecule has 0 saturated heterocycles. The first kappa shape index (κ1) is 16.3. The lowest BCUT2D eigenvalue weighted by molar-refractivity contribution is 0.335. The largest absolute Gasteiger partial charge is 0.492 e. The van der Waals surface area contributed by atoms with Crippen LogP contribution < -0.4 is 10.1 Å². The molecule has 2 rings (SSSR count). The van der Waals surface area contributed by atoms with Crippen molar-refractivity contribution in [1.82, 2.24) is 5.32 Å². The molecule has 0 amide bonds. The Kier molecular flexibility index (Phi) is 6.37. The Balaban J connectivity index is 1.95. The van der Waals surface area contributed by atoms with E-state index in [4.69, 9.17) is 4.74 Å². The van der Waals surface area contributed by atoms with Crippen LogP contribution in [0, 0.1) is 5.92 Å². The summed E-state index contributed by atoms with van der Waals surface area (Å²) in [6.07, 6.45) is 5.56. The highest BCUT2D eigenvalue weighted by atomic mass is 79.9. The summed E-state index contributed by atoms with van der Waals surface area (Å²) in [4.78, 5) is 0. The Morgan fingerprint density at radius 3 is 2.40 bits per heavy atom. The van der Waals surface area contributed by atoms with Crippen LogP contribution in [0.25, 0.3) is 0 Å². The van der Waals surface area contributed by atoms with Gasteiger partial charge in [0, 0.05) is 12.6 Å². The quantitative estimate of drug-likeness (QED) is 0.696. The molecule has 1 aromatic carbocycles. The molecule has 112 valence electrons. The van der Waals surface area contributed by atoms with Crippen molar-refractivity contribution in [1.29, 1.82) is 0 Å². The van der Waals surface area contributed by atoms with E-state index in [9.17, 15) is 0 Å². The summed E-state index contributed by atoms with van der Waals surface area (Å²) in [7, 11) is 0. The van der Waals surface area contributed by atoms with E-state index >= 15 is 0 Å². The van der Waals surface area contributed by atoms with Crippen LogP contribution in [0.2, 0.25) is 0 Å². The van der Waals surface area contributed by atoms with Gasteiger partial charge >= 0.3 is 0 Å². The van der Waals surface area contributed by atoms with Gasteiger partial charge in [0.25, 0.3) is 0 Å². The Hall–Kier alpha value is -0.0600. The highest BCUT2D eigenvalue weighted by Gasteiger charge is 2.21. The van der Waals surface area contributed by atoms with Crippen molar-refractivity contribution >= 4 is 31.9 Å². The minimum absolute atomic E-state index is 0.599. The van der Waals surface area contributed by atoms with Gasteiger partial charge in [-0.15, -0.1) is 0 Å². The van der Waals surface area contributed by atoms with Crippen molar-refractivity contribution in [3.63, 3.8) is 0 Å². The van der Waals surface area contributed by atoms with Gasteiger partial charge in [-0.2, -0.15) is 0 Å². The molecule has 1 aliphatic carbocycles. The maximum atomic E-state index is 5.62. The molecule has 1 aromatic rings. The highest BCUT2D eigenvalue weighted by molar-refractivity contribution is 9.11. The summed E-state index contributed by atoms with van der Waals surface area (Å²) in [6, 6.07) is 4.88. The van der Waals surface area contributed by atoms with Crippen molar-refractivity contribution < 1.29 is 4.74 Å². The molecule has 1 unspecified atom stereocenters. The standard InChI is InChI=1S/C16H23Br2NO/c1-3-20-16-14(17)8-12(9-15(16)18)10-19-11(2)13-6-4-5-7-13/h8-9,11,13,19H,3-7,10H2,1-2H3. The van der Waals surface area contributed by atoms with E-state index in [1.807, 2.05) is 6.92 Å². The second-order valence-corrected chi connectivity index (χ2v) is 7.24. The van der Waals surface area contributed by atoms with Gasteiger partial charge in [0.05, 0.1) is 15.6 Å². The van der Waals surface area contributed by atoms with E-state index in [0.717, 1.165) is 27.2 Å². The Bertz CT molecular complexity index is 421. The van der Waals surface area contributed by atoms with Crippen molar-refractivity contribution in [2.75, 3.05) is 6.61 Å². The Labute approximate surface area is 138 Å². The number of hydrogen-bond donors (Lipinski definition) is 1. The third kappa shape index (κ3) is 4.22. The lowest BCUT2D eigenvalue weighted by atomic mass is 9.99. The molecule has 20 heavy (non-hydrogen) atoms. The third-order valence-electron chi connectivity index (χ3n) is 4.08. The van der Waals surface area contributed by atoms with Crippen LogP contribution in [0.4, 0.5) is 0 Å². The zero-order valence-electron chi connectivity index (χ0n) is 12.2. The molecule has 1 atom stereocenters. The topological polar surface area (TPSA) is 21.3 Å². The molecule has 1 saturated carbocycles. The van der Waals surface area contributed by atoms with Crippen LogP contribution >= 0.6 is 31.9 Å². The van der Waals surface area contributed by atoms with Gasteiger partial charge in [-0.05, 0) is 82.2 Å². The number of nitrogens with one attached hydrogen (secondary N) is 1. The summed E-state index contributed by atoms with van der Waals surface area (Å²) < 4.78 is 7.64. The molecule has 4 heteroatoms. The zero-order chi connectivity index (χ0) is 14.5. The van der Waals surface area contributed by atoms with Crippen LogP contribution in [0.5, 0.6) is 5.75 Å². The van der Waals surface area contributed by atoms with E-state index in [1.165, 1.54) is 31.2 Å². The number of rotatable bonds is 6. The summed E-state index contributed by atoms with van der Waals surface area (Å²) in [5, 5.41) is 3.66. The van der Waals surface area contributed by atoms with Crippen LogP contribution in [0.1, 0.15) is 45.1 Å². The lowest BCUT2D eigenvalue weighted by Gasteiger charge is -2.21. The summed E-state index contributed by atoms with van der Waals surface area (Å²) in [5.74, 6) is 1.74. The van der Waals surface area contributed by atoms with Gasteiger partial charge in [-0.25, -0.2) is 0 Å². The number of halogens is 2. The second kappa shape index (κ2) is 7.81. The normalized spacial score (nSPS) is 17.4. The number of hydrogen-bond acceptors (Lipinski definition) is 2. The first-order valence-corrected chi connectivity index (χ1v) is 9.04. The fourth-order valence-electron chi connectivity index (χ4n) is 2.90. The molecule has 0 heterocycles. The van der Waals surface area contributed by atoms with Crippen molar-refractivity contribution in [3.05, 3.63) is 26.6 Å². The Morgan fingerprint density at radius 2 is 1.85 bits per heavy atom. The van der Waals surface area contributed by atoms with E-state index in [1.54, 1.807) is 0 Å². The smallest absolute Gasteiger partial charge is 0.147 e. The minimum Gasteiger partial charge on any atom is -0.492 e.